The molecule has 50 heavy (non-hydrogen) atoms. The highest BCUT2D eigenvalue weighted by Gasteiger charge is 2.35. The Bertz CT molecular complexity index is 1790. The molecule has 0 aliphatic heterocycles. The van der Waals surface area contributed by atoms with E-state index >= 15 is 0 Å². The van der Waals surface area contributed by atoms with Crippen LogP contribution in [0, 0.1) is 16.7 Å². The number of carbonyl (C=O) groups excluding carboxylic acids is 2. The van der Waals surface area contributed by atoms with Crippen molar-refractivity contribution in [3.63, 3.8) is 0 Å². The Morgan fingerprint density at radius 3 is 1.98 bits per heavy atom. The fraction of sp³-hybridized carbons (Fsp3) is 0.243. The highest BCUT2D eigenvalue weighted by Crippen LogP contribution is 2.30. The lowest BCUT2D eigenvalue weighted by atomic mass is 9.84. The van der Waals surface area contributed by atoms with E-state index in [-0.39, 0.29) is 24.3 Å². The average Bonchev–Trinajstić information content (AvgIpc) is 3.14. The number of hydrogen-bond acceptors (Lipinski definition) is 9. The summed E-state index contributed by atoms with van der Waals surface area (Å²) in [4.78, 5) is 26.7. The van der Waals surface area contributed by atoms with Gasteiger partial charge in [0.2, 0.25) is 15.9 Å². The van der Waals surface area contributed by atoms with Gasteiger partial charge in [0.15, 0.2) is 0 Å². The van der Waals surface area contributed by atoms with Crippen molar-refractivity contribution in [1.29, 1.82) is 10.8 Å². The second-order valence-electron chi connectivity index (χ2n) is 11.6. The molecule has 0 aliphatic rings. The van der Waals surface area contributed by atoms with Gasteiger partial charge in [-0.2, -0.15) is 4.31 Å². The van der Waals surface area contributed by atoms with E-state index < -0.39 is 52.6 Å². The molecule has 0 saturated heterocycles. The fourth-order valence-corrected chi connectivity index (χ4v) is 7.37. The third-order valence-corrected chi connectivity index (χ3v) is 10.3. The predicted octanol–water partition coefficient (Wildman–Crippen LogP) is 4.66. The van der Waals surface area contributed by atoms with E-state index in [1.807, 2.05) is 60.7 Å². The maximum Gasteiger partial charge on any atom is 0.407 e. The van der Waals surface area contributed by atoms with Gasteiger partial charge < -0.3 is 37.0 Å². The number of nitrogen functional groups attached to an aromatic ring is 1. The molecule has 2 atom stereocenters. The van der Waals surface area contributed by atoms with Crippen LogP contribution < -0.4 is 16.4 Å². The average molecular weight is 699 g/mol. The third-order valence-electron chi connectivity index (χ3n) is 8.34. The van der Waals surface area contributed by atoms with Crippen molar-refractivity contribution in [2.24, 2.45) is 5.92 Å². The van der Waals surface area contributed by atoms with Gasteiger partial charge >= 0.3 is 6.09 Å². The van der Waals surface area contributed by atoms with Crippen molar-refractivity contribution in [2.45, 2.75) is 35.7 Å². The summed E-state index contributed by atoms with van der Waals surface area (Å²) in [7, 11) is -2.95. The maximum atomic E-state index is 14.1. The zero-order valence-electron chi connectivity index (χ0n) is 27.6. The molecule has 0 spiro atoms. The minimum atomic E-state index is -4.18. The zero-order valence-corrected chi connectivity index (χ0v) is 28.4. The van der Waals surface area contributed by atoms with E-state index in [0.717, 1.165) is 27.9 Å². The van der Waals surface area contributed by atoms with Gasteiger partial charge in [0.25, 0.3) is 0 Å². The van der Waals surface area contributed by atoms with Crippen LogP contribution in [0.4, 0.5) is 16.2 Å². The number of benzene rings is 4. The summed E-state index contributed by atoms with van der Waals surface area (Å²) in [5.74, 6) is -1.91. The molecular weight excluding hydrogens is 657 g/mol. The first-order valence-corrected chi connectivity index (χ1v) is 17.4. The molecule has 0 heterocycles. The number of carbonyl (C=O) groups is 2. The summed E-state index contributed by atoms with van der Waals surface area (Å²) in [5.41, 5.74) is 8.85. The first-order valence-electron chi connectivity index (χ1n) is 16.0. The molecule has 0 bridgehead atoms. The molecule has 2 unspecified atom stereocenters. The van der Waals surface area contributed by atoms with Gasteiger partial charge in [0.05, 0.1) is 18.6 Å². The predicted molar refractivity (Wildman–Crippen MR) is 194 cm³/mol. The number of rotatable bonds is 17. The zero-order chi connectivity index (χ0) is 36.1. The number of sulfonamides is 1. The van der Waals surface area contributed by atoms with Crippen LogP contribution in [0.2, 0.25) is 0 Å². The number of nitrogens with zero attached hydrogens (tertiary/aromatic N) is 1. The van der Waals surface area contributed by atoms with Crippen molar-refractivity contribution < 1.29 is 27.9 Å². The van der Waals surface area contributed by atoms with Gasteiger partial charge in [0.1, 0.15) is 6.04 Å². The number of nitrogens with one attached hydrogen (secondary N) is 4. The number of alkyl carbamates (subject to hydrolysis) is 1. The molecule has 0 aromatic heterocycles. The summed E-state index contributed by atoms with van der Waals surface area (Å²) >= 11 is 0. The highest BCUT2D eigenvalue weighted by molar-refractivity contribution is 7.89. The van der Waals surface area contributed by atoms with E-state index in [1.54, 1.807) is 24.3 Å². The molecule has 12 nitrogen and oxygen atoms in total. The number of hydrogen-bond donors (Lipinski definition) is 6. The van der Waals surface area contributed by atoms with E-state index in [0.29, 0.717) is 16.9 Å². The van der Waals surface area contributed by atoms with Crippen molar-refractivity contribution in [3.8, 4) is 0 Å². The van der Waals surface area contributed by atoms with Crippen molar-refractivity contribution in [1.82, 2.24) is 9.62 Å². The Morgan fingerprint density at radius 2 is 1.44 bits per heavy atom. The quantitative estimate of drug-likeness (QED) is 0.0680. The van der Waals surface area contributed by atoms with Crippen LogP contribution in [0.3, 0.4) is 0 Å². The number of amides is 2. The van der Waals surface area contributed by atoms with Crippen LogP contribution in [-0.2, 0) is 26.0 Å². The Hall–Kier alpha value is -5.37. The summed E-state index contributed by atoms with van der Waals surface area (Å²) in [6.07, 6.45) is 1.56. The van der Waals surface area contributed by atoms with Crippen LogP contribution in [-0.4, -0.2) is 74.6 Å². The Labute approximate surface area is 292 Å². The Morgan fingerprint density at radius 1 is 0.880 bits per heavy atom. The number of anilines is 2. The van der Waals surface area contributed by atoms with Gasteiger partial charge in [-0.15, -0.1) is 0 Å². The second-order valence-corrected chi connectivity index (χ2v) is 13.5. The number of aryl methyl sites for hydroxylation is 1. The molecule has 0 radical (unpaired) electrons. The molecule has 4 rings (SSSR count). The van der Waals surface area contributed by atoms with Gasteiger partial charge in [-0.3, -0.25) is 4.79 Å². The summed E-state index contributed by atoms with van der Waals surface area (Å²) in [6.45, 7) is -0.767. The van der Waals surface area contributed by atoms with Gasteiger partial charge in [-0.25, -0.2) is 13.2 Å². The van der Waals surface area contributed by atoms with Gasteiger partial charge in [0, 0.05) is 48.2 Å². The molecule has 4 aromatic carbocycles. The standard InChI is InChI=1S/C37H42N6O6S/c1-49-37(46)42-35(34(28-11-4-2-5-12-28)29-13-6-3-7-14-29)36(45)41-33-15-9-8-10-27(33)16-19-31(25-44)43(24-26(22-38)23-39)50(47,48)32-20-17-30(40)18-21-32/h2-15,17-18,20-23,26,31,34-35,38-39,44H,16,19,24-25,40H2,1H3,(H,41,45)(H,42,46). The van der Waals surface area contributed by atoms with Crippen LogP contribution >= 0.6 is 0 Å². The minimum Gasteiger partial charge on any atom is -0.453 e. The number of ether oxygens (including phenoxy) is 1. The van der Waals surface area contributed by atoms with Crippen LogP contribution in [0.5, 0.6) is 0 Å². The Balaban J connectivity index is 1.64. The largest absolute Gasteiger partial charge is 0.453 e. The molecule has 0 fully saturated rings. The molecule has 4 aromatic rings. The fourth-order valence-electron chi connectivity index (χ4n) is 5.68. The van der Waals surface area contributed by atoms with Crippen molar-refractivity contribution in [3.05, 3.63) is 126 Å². The molecule has 2 amide bonds. The Kier molecular flexibility index (Phi) is 13.4. The lowest BCUT2D eigenvalue weighted by molar-refractivity contribution is -0.118. The third kappa shape index (κ3) is 9.41. The number of aliphatic hydroxyl groups excluding tert-OH is 1. The minimum absolute atomic E-state index is 0.0398. The number of aliphatic hydroxyl groups is 1. The topological polar surface area (TPSA) is 199 Å². The van der Waals surface area contributed by atoms with E-state index in [9.17, 15) is 23.1 Å². The SMILES string of the molecule is COC(=O)NC(C(=O)Nc1ccccc1CCC(CO)N(CC(C=N)C=N)S(=O)(=O)c1ccc(N)cc1)C(c1ccccc1)c1ccccc1. The van der Waals surface area contributed by atoms with Gasteiger partial charge in [-0.05, 0) is 59.9 Å². The van der Waals surface area contributed by atoms with E-state index in [2.05, 4.69) is 10.6 Å². The van der Waals surface area contributed by atoms with Crippen molar-refractivity contribution >= 4 is 45.8 Å². The smallest absolute Gasteiger partial charge is 0.407 e. The molecule has 13 heteroatoms. The highest BCUT2D eigenvalue weighted by atomic mass is 32.2. The van der Waals surface area contributed by atoms with Crippen molar-refractivity contribution in [2.75, 3.05) is 31.3 Å². The lowest BCUT2D eigenvalue weighted by Gasteiger charge is -2.31. The van der Waals surface area contributed by atoms with Crippen LogP contribution in [0.15, 0.2) is 114 Å². The van der Waals surface area contributed by atoms with Gasteiger partial charge in [-0.1, -0.05) is 78.9 Å². The summed E-state index contributed by atoms with van der Waals surface area (Å²) < 4.78 is 33.7. The number of nitrogens with two attached hydrogens (primary N) is 1. The molecule has 0 aliphatic carbocycles. The van der Waals surface area contributed by atoms with Crippen LogP contribution in [0.1, 0.15) is 29.0 Å². The molecule has 7 N–H and O–H groups in total. The van der Waals surface area contributed by atoms with Crippen LogP contribution in [0.25, 0.3) is 0 Å². The molecule has 262 valence electrons. The molecule has 0 saturated carbocycles. The maximum absolute atomic E-state index is 14.1. The number of methoxy groups -OCH3 is 1. The lowest BCUT2D eigenvalue weighted by Crippen LogP contribution is -2.48. The first-order chi connectivity index (χ1) is 24.1. The first kappa shape index (κ1) is 37.4. The normalized spacial score (nSPS) is 13.2. The molecular formula is C37H42N6O6S. The summed E-state index contributed by atoms with van der Waals surface area (Å²) in [6, 6.07) is 29.3. The summed E-state index contributed by atoms with van der Waals surface area (Å²) in [5, 5.41) is 31.6. The number of para-hydroxylation sites is 1. The van der Waals surface area contributed by atoms with E-state index in [4.69, 9.17) is 21.3 Å². The monoisotopic (exact) mass is 698 g/mol. The van der Waals surface area contributed by atoms with E-state index in [1.165, 1.54) is 31.4 Å². The second kappa shape index (κ2) is 17.9.